The molecule has 3 unspecified atom stereocenters. The second-order valence-electron chi connectivity index (χ2n) is 19.2. The Bertz CT molecular complexity index is 1350. The average molecular weight is 944 g/mol. The fourth-order valence-electron chi connectivity index (χ4n) is 7.44. The van der Waals surface area contributed by atoms with E-state index in [9.17, 15) is 19.4 Å². The molecule has 0 radical (unpaired) electrons. The molecule has 0 bridgehead atoms. The number of aliphatic hydroxyl groups is 1. The van der Waals surface area contributed by atoms with Crippen LogP contribution in [-0.2, 0) is 18.4 Å². The Morgan fingerprint density at radius 3 is 1.33 bits per heavy atom. The molecule has 0 aromatic heterocycles. The van der Waals surface area contributed by atoms with E-state index in [4.69, 9.17) is 9.05 Å². The van der Waals surface area contributed by atoms with E-state index in [0.29, 0.717) is 23.9 Å². The minimum atomic E-state index is -4.32. The number of carbonyl (C=O) groups excluding carboxylic acids is 1. The number of allylic oxidation sites excluding steroid dienone is 14. The minimum absolute atomic E-state index is 0.0697. The molecule has 382 valence electrons. The molecule has 0 rings (SSSR count). The molecule has 8 nitrogen and oxygen atoms in total. The van der Waals surface area contributed by atoms with Crippen LogP contribution >= 0.6 is 7.82 Å². The van der Waals surface area contributed by atoms with E-state index in [0.717, 1.165) is 89.9 Å². The van der Waals surface area contributed by atoms with Gasteiger partial charge in [-0.05, 0) is 70.6 Å². The number of amides is 1. The first-order chi connectivity index (χ1) is 32.0. The van der Waals surface area contributed by atoms with Crippen LogP contribution in [0.5, 0.6) is 0 Å². The number of phosphoric ester groups is 1. The largest absolute Gasteiger partial charge is 0.472 e. The van der Waals surface area contributed by atoms with Crippen molar-refractivity contribution >= 4 is 13.7 Å². The first kappa shape index (κ1) is 63.7. The molecule has 0 saturated carbocycles. The van der Waals surface area contributed by atoms with E-state index in [1.54, 1.807) is 0 Å². The van der Waals surface area contributed by atoms with Crippen LogP contribution in [0.2, 0.25) is 0 Å². The third-order valence-corrected chi connectivity index (χ3v) is 12.6. The number of hydrogen-bond acceptors (Lipinski definition) is 5. The van der Waals surface area contributed by atoms with Gasteiger partial charge in [0.2, 0.25) is 5.91 Å². The van der Waals surface area contributed by atoms with E-state index < -0.39 is 20.0 Å². The number of phosphoric acid groups is 1. The summed E-state index contributed by atoms with van der Waals surface area (Å²) in [6, 6.07) is -0.768. The lowest BCUT2D eigenvalue weighted by Crippen LogP contribution is -2.46. The predicted molar refractivity (Wildman–Crippen MR) is 286 cm³/mol. The summed E-state index contributed by atoms with van der Waals surface area (Å²) in [5.74, 6) is -0.154. The van der Waals surface area contributed by atoms with Gasteiger partial charge in [-0.2, -0.15) is 0 Å². The molecular weight excluding hydrogens is 840 g/mol. The van der Waals surface area contributed by atoms with Crippen molar-refractivity contribution in [2.45, 2.75) is 231 Å². The number of carbonyl (C=O) groups is 1. The zero-order chi connectivity index (χ0) is 48.5. The third-order valence-electron chi connectivity index (χ3n) is 11.7. The van der Waals surface area contributed by atoms with Gasteiger partial charge in [0.1, 0.15) is 13.2 Å². The van der Waals surface area contributed by atoms with E-state index >= 15 is 0 Å². The van der Waals surface area contributed by atoms with Crippen molar-refractivity contribution in [3.8, 4) is 0 Å². The van der Waals surface area contributed by atoms with Crippen LogP contribution in [-0.4, -0.2) is 73.4 Å². The van der Waals surface area contributed by atoms with Crippen LogP contribution in [0, 0.1) is 0 Å². The predicted octanol–water partition coefficient (Wildman–Crippen LogP) is 16.1. The van der Waals surface area contributed by atoms with Gasteiger partial charge in [-0.25, -0.2) is 4.57 Å². The van der Waals surface area contributed by atoms with Crippen LogP contribution < -0.4 is 5.32 Å². The second-order valence-corrected chi connectivity index (χ2v) is 20.7. The number of quaternary nitrogens is 1. The molecule has 0 aliphatic rings. The van der Waals surface area contributed by atoms with E-state index in [-0.39, 0.29) is 19.1 Å². The summed E-state index contributed by atoms with van der Waals surface area (Å²) in [4.78, 5) is 23.3. The summed E-state index contributed by atoms with van der Waals surface area (Å²) < 4.78 is 23.7. The van der Waals surface area contributed by atoms with Crippen molar-refractivity contribution in [2.24, 2.45) is 0 Å². The SMILES string of the molecule is CC/C=C\C/C=C\C/C=C\C/C=C\C/C=C\C/C=C\C/C=C\CCCCCCCCCCCC(=O)NC(COP(=O)(O)OCC[N+](C)(C)C)C(O)CCCCCCCCCCCCCCC. The van der Waals surface area contributed by atoms with Crippen molar-refractivity contribution in [2.75, 3.05) is 40.9 Å². The molecule has 0 saturated heterocycles. The number of likely N-dealkylation sites (N-methyl/N-ethyl adjacent to an activating group) is 1. The van der Waals surface area contributed by atoms with E-state index in [1.165, 1.54) is 103 Å². The Morgan fingerprint density at radius 2 is 0.909 bits per heavy atom. The highest BCUT2D eigenvalue weighted by Crippen LogP contribution is 2.43. The highest BCUT2D eigenvalue weighted by molar-refractivity contribution is 7.47. The average Bonchev–Trinajstić information content (AvgIpc) is 3.28. The topological polar surface area (TPSA) is 105 Å². The van der Waals surface area contributed by atoms with Crippen LogP contribution in [0.15, 0.2) is 85.1 Å². The van der Waals surface area contributed by atoms with Gasteiger partial charge in [0.05, 0.1) is 39.9 Å². The monoisotopic (exact) mass is 944 g/mol. The number of aliphatic hydroxyl groups excluding tert-OH is 1. The maximum atomic E-state index is 13.0. The molecule has 0 aliphatic carbocycles. The van der Waals surface area contributed by atoms with Crippen LogP contribution in [0.25, 0.3) is 0 Å². The lowest BCUT2D eigenvalue weighted by Gasteiger charge is -2.26. The number of nitrogens with zero attached hydrogens (tertiary/aromatic N) is 1. The molecule has 0 aromatic carbocycles. The number of unbranched alkanes of at least 4 members (excludes halogenated alkanes) is 21. The van der Waals surface area contributed by atoms with E-state index in [2.05, 4.69) is 104 Å². The Hall–Kier alpha value is -2.32. The molecular formula is C57H104N2O6P+. The molecule has 3 N–H and O–H groups in total. The molecule has 66 heavy (non-hydrogen) atoms. The number of nitrogens with one attached hydrogen (secondary N) is 1. The zero-order valence-electron chi connectivity index (χ0n) is 43.4. The van der Waals surface area contributed by atoms with Crippen molar-refractivity contribution in [1.82, 2.24) is 5.32 Å². The van der Waals surface area contributed by atoms with Gasteiger partial charge in [0.25, 0.3) is 0 Å². The lowest BCUT2D eigenvalue weighted by atomic mass is 10.0. The molecule has 3 atom stereocenters. The summed E-state index contributed by atoms with van der Waals surface area (Å²) in [5, 5.41) is 14.0. The van der Waals surface area contributed by atoms with Crippen LogP contribution in [0.3, 0.4) is 0 Å². The number of rotatable bonds is 48. The molecule has 0 spiro atoms. The van der Waals surface area contributed by atoms with Crippen molar-refractivity contribution in [1.29, 1.82) is 0 Å². The van der Waals surface area contributed by atoms with Gasteiger partial charge in [-0.1, -0.05) is 227 Å². The molecule has 9 heteroatoms. The van der Waals surface area contributed by atoms with Crippen molar-refractivity contribution < 1.29 is 32.9 Å². The maximum Gasteiger partial charge on any atom is 0.472 e. The smallest absolute Gasteiger partial charge is 0.391 e. The first-order valence-electron chi connectivity index (χ1n) is 27.0. The zero-order valence-corrected chi connectivity index (χ0v) is 44.3. The molecule has 0 fully saturated rings. The summed E-state index contributed by atoms with van der Waals surface area (Å²) in [6.07, 6.45) is 66.2. The first-order valence-corrected chi connectivity index (χ1v) is 28.4. The normalized spacial score (nSPS) is 14.7. The van der Waals surface area contributed by atoms with Crippen LogP contribution in [0.4, 0.5) is 0 Å². The Kier molecular flexibility index (Phi) is 46.1. The fourth-order valence-corrected chi connectivity index (χ4v) is 8.17. The second kappa shape index (κ2) is 47.7. The maximum absolute atomic E-state index is 13.0. The Morgan fingerprint density at radius 1 is 0.530 bits per heavy atom. The van der Waals surface area contributed by atoms with Gasteiger partial charge < -0.3 is 19.8 Å². The van der Waals surface area contributed by atoms with E-state index in [1.807, 2.05) is 21.1 Å². The van der Waals surface area contributed by atoms with Gasteiger partial charge in [-0.3, -0.25) is 13.8 Å². The third kappa shape index (κ3) is 49.6. The summed E-state index contributed by atoms with van der Waals surface area (Å²) in [5.41, 5.74) is 0. The van der Waals surface area contributed by atoms with Gasteiger partial charge in [0.15, 0.2) is 0 Å². The summed E-state index contributed by atoms with van der Waals surface area (Å²) >= 11 is 0. The quantitative estimate of drug-likeness (QED) is 0.0243. The standard InChI is InChI=1S/C57H103N2O6P/c1-6-8-10-12-14-16-18-20-21-22-23-24-25-26-27-28-29-30-31-32-33-34-35-36-37-39-41-43-45-47-49-51-57(61)58-55(54-65-66(62,63)64-53-52-59(3,4)5)56(60)50-48-46-44-42-40-38-19-17-15-13-11-9-7-2/h8,10,14,16,20-21,23-24,26-27,29-30,32-33,55-56,60H,6-7,9,11-13,15,17-19,22,25,28,31,34-54H2,1-5H3,(H-,58,61,62,63)/p+1/b10-8-,16-14-,21-20-,24-23-,27-26-,30-29-,33-32-. The Labute approximate surface area is 407 Å². The number of hydrogen-bond donors (Lipinski definition) is 3. The lowest BCUT2D eigenvalue weighted by molar-refractivity contribution is -0.870. The molecule has 0 aliphatic heterocycles. The fraction of sp³-hybridized carbons (Fsp3) is 0.737. The summed E-state index contributed by atoms with van der Waals surface area (Å²) in [7, 11) is 1.60. The highest BCUT2D eigenvalue weighted by Gasteiger charge is 2.28. The van der Waals surface area contributed by atoms with Crippen molar-refractivity contribution in [3.05, 3.63) is 85.1 Å². The van der Waals surface area contributed by atoms with Crippen LogP contribution in [0.1, 0.15) is 219 Å². The molecule has 0 aromatic rings. The minimum Gasteiger partial charge on any atom is -0.391 e. The van der Waals surface area contributed by atoms with Gasteiger partial charge in [0, 0.05) is 6.42 Å². The molecule has 0 heterocycles. The van der Waals surface area contributed by atoms with Gasteiger partial charge in [-0.15, -0.1) is 0 Å². The van der Waals surface area contributed by atoms with Gasteiger partial charge >= 0.3 is 7.82 Å². The summed E-state index contributed by atoms with van der Waals surface area (Å²) in [6.45, 7) is 4.76. The van der Waals surface area contributed by atoms with Crippen molar-refractivity contribution in [3.63, 3.8) is 0 Å². The Balaban J connectivity index is 4.16. The highest BCUT2D eigenvalue weighted by atomic mass is 31.2. The molecule has 1 amide bonds.